The Balaban J connectivity index is 3.20. The van der Waals surface area contributed by atoms with Crippen molar-refractivity contribution in [2.75, 3.05) is 6.61 Å². The zero-order valence-corrected chi connectivity index (χ0v) is 5.72. The summed E-state index contributed by atoms with van der Waals surface area (Å²) >= 11 is 0. The number of rotatable bonds is 0. The van der Waals surface area contributed by atoms with E-state index >= 15 is 0 Å². The van der Waals surface area contributed by atoms with Crippen LogP contribution in [0.2, 0.25) is 0 Å². The van der Waals surface area contributed by atoms with Crippen molar-refractivity contribution < 1.29 is 17.9 Å². The Morgan fingerprint density at radius 3 is 2.60 bits per heavy atom. The Hall–Kier alpha value is -1.10. The molecule has 0 N–H and O–H groups in total. The molecule has 0 radical (unpaired) electrons. The molecule has 1 rings (SSSR count). The molecule has 0 bridgehead atoms. The third-order valence-electron chi connectivity index (χ3n) is 0.961. The molecule has 0 atom stereocenters. The van der Waals surface area contributed by atoms with Gasteiger partial charge in [0.2, 0.25) is 10.3 Å². The molecule has 0 saturated heterocycles. The van der Waals surface area contributed by atoms with Crippen LogP contribution in [0.1, 0.15) is 0 Å². The first-order valence-corrected chi connectivity index (χ1v) is 3.59. The van der Waals surface area contributed by atoms with E-state index in [-0.39, 0.29) is 11.5 Å². The summed E-state index contributed by atoms with van der Waals surface area (Å²) < 4.78 is 24.7. The molecule has 4 nitrogen and oxygen atoms in total. The summed E-state index contributed by atoms with van der Waals surface area (Å²) in [6, 6.07) is 0. The van der Waals surface area contributed by atoms with E-state index in [1.807, 2.05) is 0 Å². The van der Waals surface area contributed by atoms with Crippen LogP contribution in [0.4, 0.5) is 0 Å². The number of esters is 1. The Morgan fingerprint density at radius 1 is 1.50 bits per heavy atom. The summed E-state index contributed by atoms with van der Waals surface area (Å²) in [4.78, 5) is 10.2. The quantitative estimate of drug-likeness (QED) is 0.342. The third-order valence-corrected chi connectivity index (χ3v) is 1.62. The zero-order chi connectivity index (χ0) is 7.56. The summed E-state index contributed by atoms with van der Waals surface area (Å²) in [6.45, 7) is 0.152. The number of cyclic esters (lactones) is 1. The summed E-state index contributed by atoms with van der Waals surface area (Å²) in [5, 5.41) is 0. The number of ether oxygens (including phenoxy) is 1. The van der Waals surface area contributed by atoms with Crippen LogP contribution in [0.3, 0.4) is 0 Å². The van der Waals surface area contributed by atoms with Gasteiger partial charge in [0.05, 0.1) is 0 Å². The fourth-order valence-electron chi connectivity index (χ4n) is 0.542. The molecule has 0 fully saturated rings. The van der Waals surface area contributed by atoms with Gasteiger partial charge in [0.25, 0.3) is 0 Å². The van der Waals surface area contributed by atoms with Gasteiger partial charge in [0.1, 0.15) is 6.61 Å². The van der Waals surface area contributed by atoms with Crippen molar-refractivity contribution in [1.82, 2.24) is 0 Å². The van der Waals surface area contributed by atoms with E-state index in [0.717, 1.165) is 0 Å². The van der Waals surface area contributed by atoms with Gasteiger partial charge in [-0.15, -0.1) is 0 Å². The molecule has 5 heteroatoms. The predicted molar refractivity (Wildman–Crippen MR) is 34.0 cm³/mol. The number of hydrogen-bond donors (Lipinski definition) is 0. The fraction of sp³-hybridized carbons (Fsp3) is 0.200. The largest absolute Gasteiger partial charge is 0.457 e. The van der Waals surface area contributed by atoms with Crippen LogP contribution >= 0.6 is 0 Å². The molecule has 1 heterocycles. The molecular weight excluding hydrogens is 156 g/mol. The van der Waals surface area contributed by atoms with Gasteiger partial charge in [-0.1, -0.05) is 0 Å². The van der Waals surface area contributed by atoms with E-state index in [1.54, 1.807) is 0 Å². The van der Waals surface area contributed by atoms with E-state index in [9.17, 15) is 13.2 Å². The lowest BCUT2D eigenvalue weighted by Gasteiger charge is -2.02. The molecule has 0 aliphatic carbocycles. The molecule has 10 heavy (non-hydrogen) atoms. The van der Waals surface area contributed by atoms with Gasteiger partial charge >= 0.3 is 5.97 Å². The number of carbonyl (C=O) groups is 1. The number of hydrogen-bond acceptors (Lipinski definition) is 4. The minimum atomic E-state index is -2.48. The van der Waals surface area contributed by atoms with Crippen LogP contribution < -0.4 is 0 Å². The topological polar surface area (TPSA) is 60.4 Å². The highest BCUT2D eigenvalue weighted by Crippen LogP contribution is 1.92. The first-order valence-electron chi connectivity index (χ1n) is 2.51. The Bertz CT molecular complexity index is 301. The van der Waals surface area contributed by atoms with Gasteiger partial charge in [-0.2, -0.15) is 8.42 Å². The van der Waals surface area contributed by atoms with Crippen molar-refractivity contribution in [3.05, 3.63) is 12.2 Å². The first-order chi connectivity index (χ1) is 4.72. The van der Waals surface area contributed by atoms with E-state index in [4.69, 9.17) is 0 Å². The highest BCUT2D eigenvalue weighted by Gasteiger charge is 2.14. The minimum absolute atomic E-state index is 0.152. The van der Waals surface area contributed by atoms with E-state index in [0.29, 0.717) is 0 Å². The average molecular weight is 160 g/mol. The smallest absolute Gasteiger partial charge is 0.354 e. The maximum Gasteiger partial charge on any atom is 0.354 e. The average Bonchev–Trinajstić information content (AvgIpc) is 1.88. The lowest BCUT2D eigenvalue weighted by molar-refractivity contribution is -0.134. The predicted octanol–water partition coefficient (Wildman–Crippen LogP) is -0.849. The Morgan fingerprint density at radius 2 is 2.20 bits per heavy atom. The molecule has 0 spiro atoms. The van der Waals surface area contributed by atoms with Crippen molar-refractivity contribution in [3.63, 3.8) is 0 Å². The monoisotopic (exact) mass is 160 g/mol. The maximum absolute atomic E-state index is 10.5. The van der Waals surface area contributed by atoms with Gasteiger partial charge in [-0.3, -0.25) is 0 Å². The van der Waals surface area contributed by atoms with Gasteiger partial charge in [0, 0.05) is 0 Å². The summed E-state index contributed by atoms with van der Waals surface area (Å²) in [7, 11) is -2.48. The lowest BCUT2D eigenvalue weighted by atomic mass is 10.3. The number of carbonyl (C=O) groups excluding carboxylic acids is 1. The molecule has 1 aliphatic heterocycles. The van der Waals surface area contributed by atoms with Crippen molar-refractivity contribution in [2.45, 2.75) is 0 Å². The molecule has 0 aromatic heterocycles. The van der Waals surface area contributed by atoms with Gasteiger partial charge in [0.15, 0.2) is 4.86 Å². The second-order valence-electron chi connectivity index (χ2n) is 1.60. The van der Waals surface area contributed by atoms with Gasteiger partial charge < -0.3 is 4.74 Å². The molecule has 0 unspecified atom stereocenters. The van der Waals surface area contributed by atoms with Gasteiger partial charge in [-0.25, -0.2) is 4.79 Å². The van der Waals surface area contributed by atoms with Crippen LogP contribution in [0.15, 0.2) is 12.2 Å². The van der Waals surface area contributed by atoms with Crippen LogP contribution in [0.5, 0.6) is 0 Å². The SMILES string of the molecule is O=C1OCC=CC1=S(=O)=O. The Kier molecular flexibility index (Phi) is 1.86. The van der Waals surface area contributed by atoms with Gasteiger partial charge in [-0.05, 0) is 12.2 Å². The molecular formula is C5H4O4S. The summed E-state index contributed by atoms with van der Waals surface area (Å²) in [5.41, 5.74) is 0. The molecule has 1 aliphatic rings. The first kappa shape index (κ1) is 7.01. The minimum Gasteiger partial charge on any atom is -0.457 e. The van der Waals surface area contributed by atoms with Crippen LogP contribution in [-0.4, -0.2) is 25.9 Å². The molecule has 0 amide bonds. The van der Waals surface area contributed by atoms with Crippen LogP contribution in [0.25, 0.3) is 0 Å². The zero-order valence-electron chi connectivity index (χ0n) is 4.90. The summed E-state index contributed by atoms with van der Waals surface area (Å²) in [5.74, 6) is -0.782. The van der Waals surface area contributed by atoms with Crippen LogP contribution in [0, 0.1) is 0 Å². The van der Waals surface area contributed by atoms with Crippen molar-refractivity contribution in [2.24, 2.45) is 0 Å². The second kappa shape index (κ2) is 2.66. The second-order valence-corrected chi connectivity index (χ2v) is 2.51. The van der Waals surface area contributed by atoms with Crippen molar-refractivity contribution in [1.29, 1.82) is 0 Å². The highest BCUT2D eigenvalue weighted by molar-refractivity contribution is 7.75. The molecule has 0 aromatic carbocycles. The van der Waals surface area contributed by atoms with Crippen LogP contribution in [-0.2, 0) is 19.8 Å². The normalized spacial score (nSPS) is 16.8. The van der Waals surface area contributed by atoms with Crippen molar-refractivity contribution in [3.8, 4) is 0 Å². The summed E-state index contributed by atoms with van der Waals surface area (Å²) in [6.07, 6.45) is 2.70. The maximum atomic E-state index is 10.5. The Labute approximate surface area is 58.6 Å². The fourth-order valence-corrected chi connectivity index (χ4v) is 0.944. The van der Waals surface area contributed by atoms with E-state index in [2.05, 4.69) is 4.74 Å². The highest BCUT2D eigenvalue weighted by atomic mass is 32.2. The third kappa shape index (κ3) is 1.24. The molecule has 54 valence electrons. The lowest BCUT2D eigenvalue weighted by Crippen LogP contribution is -2.20. The van der Waals surface area contributed by atoms with E-state index < -0.39 is 16.3 Å². The molecule has 0 aromatic rings. The standard InChI is InChI=1S/C5H4O4S/c6-5-4(10(7)8)2-1-3-9-5/h1-2H,3H2. The molecule has 0 saturated carbocycles. The van der Waals surface area contributed by atoms with E-state index in [1.165, 1.54) is 12.2 Å². The van der Waals surface area contributed by atoms with Crippen molar-refractivity contribution >= 4 is 21.1 Å².